The van der Waals surface area contributed by atoms with Crippen molar-refractivity contribution in [1.82, 2.24) is 10.6 Å². The van der Waals surface area contributed by atoms with Gasteiger partial charge < -0.3 is 20.4 Å². The van der Waals surface area contributed by atoms with Gasteiger partial charge in [0, 0.05) is 18.0 Å². The van der Waals surface area contributed by atoms with E-state index < -0.39 is 29.0 Å². The smallest absolute Gasteiger partial charge is 0.243 e. The van der Waals surface area contributed by atoms with Crippen molar-refractivity contribution in [2.75, 3.05) is 18.9 Å². The number of rotatable bonds is 5. The second-order valence-electron chi connectivity index (χ2n) is 6.20. The summed E-state index contributed by atoms with van der Waals surface area (Å²) in [5.74, 6) is -4.05. The van der Waals surface area contributed by atoms with Crippen LogP contribution in [0.2, 0.25) is 0 Å². The van der Waals surface area contributed by atoms with Crippen molar-refractivity contribution < 1.29 is 22.4 Å². The Kier molecular flexibility index (Phi) is 8.09. The zero-order valence-electron chi connectivity index (χ0n) is 16.2. The molecule has 0 bridgehead atoms. The van der Waals surface area contributed by atoms with Gasteiger partial charge in [-0.2, -0.15) is 0 Å². The van der Waals surface area contributed by atoms with Crippen LogP contribution in [0.25, 0.3) is 11.0 Å². The number of hydrogen-bond acceptors (Lipinski definition) is 3. The number of amides is 1. The van der Waals surface area contributed by atoms with Crippen molar-refractivity contribution >= 4 is 52.5 Å². The van der Waals surface area contributed by atoms with Crippen LogP contribution in [0.4, 0.5) is 18.9 Å². The number of aryl methyl sites for hydroxylation is 1. The van der Waals surface area contributed by atoms with E-state index in [1.807, 2.05) is 31.2 Å². The molecule has 0 fully saturated rings. The normalized spacial score (nSPS) is 11.2. The van der Waals surface area contributed by atoms with Gasteiger partial charge in [-0.25, -0.2) is 13.2 Å². The molecule has 0 saturated heterocycles. The number of anilines is 1. The highest BCUT2D eigenvalue weighted by Crippen LogP contribution is 2.24. The molecule has 30 heavy (non-hydrogen) atoms. The summed E-state index contributed by atoms with van der Waals surface area (Å²) in [4.78, 5) is 16.0. The molecule has 3 rings (SSSR count). The number of hydrogen-bond donors (Lipinski definition) is 3. The Morgan fingerprint density at radius 1 is 1.07 bits per heavy atom. The molecule has 0 atom stereocenters. The number of fused-ring (bicyclic) bond motifs is 1. The van der Waals surface area contributed by atoms with Gasteiger partial charge >= 0.3 is 0 Å². The molecule has 0 aliphatic carbocycles. The number of nitrogens with one attached hydrogen (secondary N) is 3. The third-order valence-corrected chi connectivity index (χ3v) is 4.31. The predicted octanol–water partition coefficient (Wildman–Crippen LogP) is 4.08. The van der Waals surface area contributed by atoms with E-state index in [9.17, 15) is 18.0 Å². The lowest BCUT2D eigenvalue weighted by atomic mass is 10.1. The average molecular weight is 532 g/mol. The van der Waals surface area contributed by atoms with Gasteiger partial charge in [-0.05, 0) is 25.1 Å². The average Bonchev–Trinajstić information content (AvgIpc) is 3.04. The van der Waals surface area contributed by atoms with Crippen molar-refractivity contribution in [3.8, 4) is 0 Å². The van der Waals surface area contributed by atoms with E-state index in [2.05, 4.69) is 20.9 Å². The fourth-order valence-electron chi connectivity index (χ4n) is 2.76. The van der Waals surface area contributed by atoms with Gasteiger partial charge in [-0.1, -0.05) is 18.2 Å². The van der Waals surface area contributed by atoms with Gasteiger partial charge in [0.15, 0.2) is 23.4 Å². The second kappa shape index (κ2) is 10.3. The zero-order chi connectivity index (χ0) is 21.0. The molecule has 3 aromatic rings. The Hall–Kier alpha value is -2.76. The molecular formula is C20H20F3IN4O2. The molecule has 6 nitrogen and oxygen atoms in total. The van der Waals surface area contributed by atoms with E-state index in [1.54, 1.807) is 0 Å². The van der Waals surface area contributed by atoms with E-state index in [4.69, 9.17) is 4.42 Å². The maximum absolute atomic E-state index is 13.6. The summed E-state index contributed by atoms with van der Waals surface area (Å²) in [6.07, 6.45) is 0. The van der Waals surface area contributed by atoms with Crippen molar-refractivity contribution in [3.05, 3.63) is 65.2 Å². The SMILES string of the molecule is CN=C(NCC(=O)Nc1ccc(F)c(F)c1F)NCc1oc2ccccc2c1C.I. The van der Waals surface area contributed by atoms with E-state index in [0.717, 1.165) is 34.4 Å². The minimum absolute atomic E-state index is 0. The van der Waals surface area contributed by atoms with Crippen LogP contribution in [0, 0.1) is 24.4 Å². The second-order valence-corrected chi connectivity index (χ2v) is 6.20. The van der Waals surface area contributed by atoms with Gasteiger partial charge in [0.25, 0.3) is 0 Å². The molecule has 0 spiro atoms. The van der Waals surface area contributed by atoms with Gasteiger partial charge in [0.1, 0.15) is 11.3 Å². The summed E-state index contributed by atoms with van der Waals surface area (Å²) >= 11 is 0. The van der Waals surface area contributed by atoms with E-state index in [1.165, 1.54) is 7.05 Å². The molecule has 0 unspecified atom stereocenters. The quantitative estimate of drug-likeness (QED) is 0.200. The first-order chi connectivity index (χ1) is 13.9. The van der Waals surface area contributed by atoms with Crippen LogP contribution in [-0.2, 0) is 11.3 Å². The van der Waals surface area contributed by atoms with Crippen LogP contribution in [0.5, 0.6) is 0 Å². The van der Waals surface area contributed by atoms with Crippen LogP contribution in [-0.4, -0.2) is 25.5 Å². The largest absolute Gasteiger partial charge is 0.459 e. The highest BCUT2D eigenvalue weighted by Gasteiger charge is 2.15. The first-order valence-corrected chi connectivity index (χ1v) is 8.75. The first kappa shape index (κ1) is 23.5. The minimum Gasteiger partial charge on any atom is -0.459 e. The van der Waals surface area contributed by atoms with E-state index in [-0.39, 0.29) is 30.5 Å². The molecule has 1 heterocycles. The molecule has 0 saturated carbocycles. The number of nitrogens with zero attached hydrogens (tertiary/aromatic N) is 1. The lowest BCUT2D eigenvalue weighted by Crippen LogP contribution is -2.41. The zero-order valence-corrected chi connectivity index (χ0v) is 18.5. The summed E-state index contributed by atoms with van der Waals surface area (Å²) < 4.78 is 45.6. The minimum atomic E-state index is -1.64. The predicted molar refractivity (Wildman–Crippen MR) is 120 cm³/mol. The molecule has 3 N–H and O–H groups in total. The number of para-hydroxylation sites is 1. The Balaban J connectivity index is 0.00000320. The van der Waals surface area contributed by atoms with Gasteiger partial charge in [0.05, 0.1) is 18.8 Å². The third-order valence-electron chi connectivity index (χ3n) is 4.31. The maximum atomic E-state index is 13.6. The van der Waals surface area contributed by atoms with Gasteiger partial charge in [-0.15, -0.1) is 24.0 Å². The Labute approximate surface area is 188 Å². The molecule has 0 aliphatic heterocycles. The third kappa shape index (κ3) is 5.23. The first-order valence-electron chi connectivity index (χ1n) is 8.75. The summed E-state index contributed by atoms with van der Waals surface area (Å²) in [6.45, 7) is 2.01. The maximum Gasteiger partial charge on any atom is 0.243 e. The molecule has 0 aliphatic rings. The number of carbonyl (C=O) groups excluding carboxylic acids is 1. The van der Waals surface area contributed by atoms with Crippen LogP contribution in [0.3, 0.4) is 0 Å². The van der Waals surface area contributed by atoms with Gasteiger partial charge in [0.2, 0.25) is 5.91 Å². The molecule has 160 valence electrons. The van der Waals surface area contributed by atoms with Crippen LogP contribution in [0.1, 0.15) is 11.3 Å². The summed E-state index contributed by atoms with van der Waals surface area (Å²) in [5.41, 5.74) is 1.32. The van der Waals surface area contributed by atoms with E-state index in [0.29, 0.717) is 12.5 Å². The number of benzene rings is 2. The number of furan rings is 1. The van der Waals surface area contributed by atoms with Crippen molar-refractivity contribution in [3.63, 3.8) is 0 Å². The molecule has 1 amide bonds. The lowest BCUT2D eigenvalue weighted by molar-refractivity contribution is -0.115. The molecular weight excluding hydrogens is 512 g/mol. The summed E-state index contributed by atoms with van der Waals surface area (Å²) in [7, 11) is 1.52. The topological polar surface area (TPSA) is 78.7 Å². The van der Waals surface area contributed by atoms with Gasteiger partial charge in [-0.3, -0.25) is 9.79 Å². The molecule has 0 radical (unpaired) electrons. The van der Waals surface area contributed by atoms with Crippen LogP contribution < -0.4 is 16.0 Å². The fourth-order valence-corrected chi connectivity index (χ4v) is 2.76. The molecule has 2 aromatic carbocycles. The highest BCUT2D eigenvalue weighted by molar-refractivity contribution is 14.0. The molecule has 1 aromatic heterocycles. The Bertz CT molecular complexity index is 1090. The number of halogens is 4. The number of guanidine groups is 1. The van der Waals surface area contributed by atoms with Crippen LogP contribution >= 0.6 is 24.0 Å². The molecule has 10 heteroatoms. The van der Waals surface area contributed by atoms with Crippen LogP contribution in [0.15, 0.2) is 45.8 Å². The monoisotopic (exact) mass is 532 g/mol. The summed E-state index contributed by atoms with van der Waals surface area (Å²) in [6, 6.07) is 9.34. The number of carbonyl (C=O) groups is 1. The van der Waals surface area contributed by atoms with E-state index >= 15 is 0 Å². The number of aliphatic imine (C=N–C) groups is 1. The highest BCUT2D eigenvalue weighted by atomic mass is 127. The summed E-state index contributed by atoms with van der Waals surface area (Å²) in [5, 5.41) is 8.96. The van der Waals surface area contributed by atoms with Crippen molar-refractivity contribution in [1.29, 1.82) is 0 Å². The van der Waals surface area contributed by atoms with Crippen molar-refractivity contribution in [2.24, 2.45) is 4.99 Å². The van der Waals surface area contributed by atoms with Crippen molar-refractivity contribution in [2.45, 2.75) is 13.5 Å². The standard InChI is InChI=1S/C20H19F3N4O2.HI/c1-11-12-5-3-4-6-15(12)29-16(11)9-25-20(24-2)26-10-17(28)27-14-8-7-13(21)18(22)19(14)23;/h3-8H,9-10H2,1-2H3,(H,27,28)(H2,24,25,26);1H. The lowest BCUT2D eigenvalue weighted by Gasteiger charge is -2.12. The Morgan fingerprint density at radius 3 is 2.50 bits per heavy atom. The fraction of sp³-hybridized carbons (Fsp3) is 0.200. The Morgan fingerprint density at radius 2 is 1.80 bits per heavy atom.